The van der Waals surface area contributed by atoms with Crippen LogP contribution in [-0.2, 0) is 0 Å². The molecule has 98 valence electrons. The third-order valence-corrected chi connectivity index (χ3v) is 3.01. The molecule has 0 fully saturated rings. The van der Waals surface area contributed by atoms with Gasteiger partial charge in [0.2, 0.25) is 0 Å². The second-order valence-corrected chi connectivity index (χ2v) is 5.28. The van der Waals surface area contributed by atoms with Crippen molar-refractivity contribution in [3.05, 3.63) is 28.7 Å². The van der Waals surface area contributed by atoms with E-state index in [4.69, 9.17) is 10.2 Å². The maximum atomic E-state index is 11.0. The molecule has 18 heavy (non-hydrogen) atoms. The fourth-order valence-corrected chi connectivity index (χ4v) is 1.88. The molecule has 0 saturated carbocycles. The van der Waals surface area contributed by atoms with Gasteiger partial charge in [-0.05, 0) is 36.6 Å². The van der Waals surface area contributed by atoms with Gasteiger partial charge in [-0.2, -0.15) is 0 Å². The van der Waals surface area contributed by atoms with Crippen LogP contribution in [0.25, 0.3) is 11.1 Å². The topological polar surface area (TPSA) is 84.0 Å². The quantitative estimate of drug-likeness (QED) is 0.755. The third-order valence-electron chi connectivity index (χ3n) is 3.01. The molecular formula is C13H19N3O2. The van der Waals surface area contributed by atoms with Crippen LogP contribution in [0.5, 0.6) is 0 Å². The number of fused-ring (bicyclic) bond motifs is 1. The third kappa shape index (κ3) is 2.92. The van der Waals surface area contributed by atoms with Gasteiger partial charge < -0.3 is 15.5 Å². The Bertz CT molecular complexity index is 583. The van der Waals surface area contributed by atoms with Gasteiger partial charge in [0.25, 0.3) is 0 Å². The lowest BCUT2D eigenvalue weighted by Gasteiger charge is -2.24. The Morgan fingerprint density at radius 2 is 2.22 bits per heavy atom. The van der Waals surface area contributed by atoms with Gasteiger partial charge >= 0.3 is 5.76 Å². The first kappa shape index (κ1) is 12.7. The van der Waals surface area contributed by atoms with E-state index in [0.717, 1.165) is 18.7 Å². The van der Waals surface area contributed by atoms with Crippen molar-refractivity contribution in [2.45, 2.75) is 20.3 Å². The summed E-state index contributed by atoms with van der Waals surface area (Å²) in [6, 6.07) is 5.56. The summed E-state index contributed by atoms with van der Waals surface area (Å²) in [5, 5.41) is 3.35. The van der Waals surface area contributed by atoms with E-state index in [0.29, 0.717) is 17.6 Å². The average molecular weight is 249 g/mol. The maximum absolute atomic E-state index is 11.0. The molecule has 0 radical (unpaired) electrons. The lowest BCUT2D eigenvalue weighted by atomic mass is 9.89. The molecule has 0 unspecified atom stereocenters. The molecule has 0 aliphatic carbocycles. The molecule has 1 aromatic heterocycles. The molecule has 5 nitrogen and oxygen atoms in total. The van der Waals surface area contributed by atoms with Crippen molar-refractivity contribution < 1.29 is 4.42 Å². The van der Waals surface area contributed by atoms with E-state index in [1.165, 1.54) is 0 Å². The monoisotopic (exact) mass is 249 g/mol. The minimum atomic E-state index is -0.425. The Labute approximate surface area is 105 Å². The van der Waals surface area contributed by atoms with Gasteiger partial charge in [-0.15, -0.1) is 0 Å². The highest BCUT2D eigenvalue weighted by atomic mass is 16.4. The number of rotatable bonds is 5. The van der Waals surface area contributed by atoms with Crippen LogP contribution in [0.15, 0.2) is 27.4 Å². The van der Waals surface area contributed by atoms with Gasteiger partial charge in [0.1, 0.15) is 0 Å². The molecule has 1 aromatic carbocycles. The van der Waals surface area contributed by atoms with Crippen LogP contribution in [0.2, 0.25) is 0 Å². The fraction of sp³-hybridized carbons (Fsp3) is 0.462. The first-order valence-electron chi connectivity index (χ1n) is 6.07. The first-order chi connectivity index (χ1) is 8.50. The molecule has 0 atom stereocenters. The Morgan fingerprint density at radius 3 is 2.94 bits per heavy atom. The van der Waals surface area contributed by atoms with Crippen molar-refractivity contribution in [2.75, 3.05) is 18.4 Å². The number of oxazole rings is 1. The molecule has 0 bridgehead atoms. The summed E-state index contributed by atoms with van der Waals surface area (Å²) >= 11 is 0. The predicted octanol–water partition coefficient (Wildman–Crippen LogP) is 1.91. The normalized spacial score (nSPS) is 11.9. The highest BCUT2D eigenvalue weighted by Crippen LogP contribution is 2.22. The highest BCUT2D eigenvalue weighted by Gasteiger charge is 2.16. The summed E-state index contributed by atoms with van der Waals surface area (Å²) in [5.74, 6) is -0.425. The summed E-state index contributed by atoms with van der Waals surface area (Å²) in [7, 11) is 0. The zero-order chi connectivity index (χ0) is 13.2. The van der Waals surface area contributed by atoms with E-state index >= 15 is 0 Å². The smallest absolute Gasteiger partial charge is 0.408 e. The molecule has 5 heteroatoms. The average Bonchev–Trinajstić information content (AvgIpc) is 2.65. The van der Waals surface area contributed by atoms with Crippen LogP contribution in [0.4, 0.5) is 5.69 Å². The number of H-pyrrole nitrogens is 1. The summed E-state index contributed by atoms with van der Waals surface area (Å²) in [5.41, 5.74) is 7.98. The molecule has 0 aliphatic heterocycles. The standard InChI is InChI=1S/C13H19N3O2/c1-13(2,5-6-14)8-15-9-3-4-11-10(7-9)16-12(17)18-11/h3-4,7,15H,5-6,8,14H2,1-2H3,(H,16,17). The number of hydrogen-bond acceptors (Lipinski definition) is 4. The van der Waals surface area contributed by atoms with Gasteiger partial charge in [-0.1, -0.05) is 13.8 Å². The number of hydrogen-bond donors (Lipinski definition) is 3. The molecule has 4 N–H and O–H groups in total. The summed E-state index contributed by atoms with van der Waals surface area (Å²) < 4.78 is 4.95. The van der Waals surface area contributed by atoms with Gasteiger partial charge in [-0.3, -0.25) is 4.98 Å². The van der Waals surface area contributed by atoms with Crippen molar-refractivity contribution in [3.8, 4) is 0 Å². The van der Waals surface area contributed by atoms with Crippen molar-refractivity contribution in [1.82, 2.24) is 4.98 Å². The number of nitrogens with one attached hydrogen (secondary N) is 2. The van der Waals surface area contributed by atoms with Crippen LogP contribution in [0.1, 0.15) is 20.3 Å². The number of aromatic amines is 1. The number of nitrogens with two attached hydrogens (primary N) is 1. The van der Waals surface area contributed by atoms with E-state index in [9.17, 15) is 4.79 Å². The zero-order valence-electron chi connectivity index (χ0n) is 10.7. The van der Waals surface area contributed by atoms with Gasteiger partial charge in [0.05, 0.1) is 5.52 Å². The second-order valence-electron chi connectivity index (χ2n) is 5.28. The van der Waals surface area contributed by atoms with Crippen LogP contribution in [0, 0.1) is 5.41 Å². The predicted molar refractivity (Wildman–Crippen MR) is 72.8 cm³/mol. The molecule has 0 amide bonds. The van der Waals surface area contributed by atoms with Gasteiger partial charge in [-0.25, -0.2) is 4.79 Å². The van der Waals surface area contributed by atoms with E-state index in [1.54, 1.807) is 6.07 Å². The molecule has 1 heterocycles. The Balaban J connectivity index is 2.10. The number of aromatic nitrogens is 1. The largest absolute Gasteiger partial charge is 0.417 e. The van der Waals surface area contributed by atoms with E-state index in [-0.39, 0.29) is 5.41 Å². The molecule has 0 aliphatic rings. The van der Waals surface area contributed by atoms with Gasteiger partial charge in [0.15, 0.2) is 5.58 Å². The Hall–Kier alpha value is -1.75. The fourth-order valence-electron chi connectivity index (χ4n) is 1.88. The summed E-state index contributed by atoms with van der Waals surface area (Å²) in [6.07, 6.45) is 0.963. The Kier molecular flexibility index (Phi) is 3.43. The van der Waals surface area contributed by atoms with Gasteiger partial charge in [0, 0.05) is 12.2 Å². The van der Waals surface area contributed by atoms with E-state index in [2.05, 4.69) is 24.1 Å². The first-order valence-corrected chi connectivity index (χ1v) is 6.07. The van der Waals surface area contributed by atoms with Crippen LogP contribution in [0.3, 0.4) is 0 Å². The van der Waals surface area contributed by atoms with E-state index < -0.39 is 5.76 Å². The summed E-state index contributed by atoms with van der Waals surface area (Å²) in [6.45, 7) is 5.86. The minimum Gasteiger partial charge on any atom is -0.408 e. The van der Waals surface area contributed by atoms with Crippen molar-refractivity contribution in [3.63, 3.8) is 0 Å². The number of benzene rings is 1. The SMILES string of the molecule is CC(C)(CCN)CNc1ccc2oc(=O)[nH]c2c1. The lowest BCUT2D eigenvalue weighted by molar-refractivity contribution is 0.365. The van der Waals surface area contributed by atoms with Crippen LogP contribution >= 0.6 is 0 Å². The van der Waals surface area contributed by atoms with Crippen LogP contribution < -0.4 is 16.8 Å². The second kappa shape index (κ2) is 4.86. The maximum Gasteiger partial charge on any atom is 0.417 e. The van der Waals surface area contributed by atoms with E-state index in [1.807, 2.05) is 12.1 Å². The zero-order valence-corrected chi connectivity index (χ0v) is 10.7. The van der Waals surface area contributed by atoms with Crippen LogP contribution in [-0.4, -0.2) is 18.1 Å². The van der Waals surface area contributed by atoms with Crippen molar-refractivity contribution >= 4 is 16.8 Å². The molecule has 2 rings (SSSR count). The van der Waals surface area contributed by atoms with Crippen molar-refractivity contribution in [1.29, 1.82) is 0 Å². The minimum absolute atomic E-state index is 0.146. The van der Waals surface area contributed by atoms with Crippen molar-refractivity contribution in [2.24, 2.45) is 11.1 Å². The highest BCUT2D eigenvalue weighted by molar-refractivity contribution is 5.76. The molecular weight excluding hydrogens is 230 g/mol. The molecule has 0 spiro atoms. The Morgan fingerprint density at radius 1 is 1.44 bits per heavy atom. The summed E-state index contributed by atoms with van der Waals surface area (Å²) in [4.78, 5) is 13.7. The molecule has 2 aromatic rings. The molecule has 0 saturated heterocycles. The lowest BCUT2D eigenvalue weighted by Crippen LogP contribution is -2.26. The number of anilines is 1.